The molecule has 2 aromatic carbocycles. The molecular weight excluding hydrogens is 380 g/mol. The fourth-order valence-corrected chi connectivity index (χ4v) is 4.23. The van der Waals surface area contributed by atoms with E-state index in [-0.39, 0.29) is 6.61 Å². The molecule has 0 saturated heterocycles. The van der Waals surface area contributed by atoms with E-state index in [9.17, 15) is 9.90 Å². The summed E-state index contributed by atoms with van der Waals surface area (Å²) in [4.78, 5) is 14.8. The maximum absolute atomic E-state index is 13.2. The molecule has 160 valence electrons. The Bertz CT molecular complexity index is 886. The van der Waals surface area contributed by atoms with Crippen molar-refractivity contribution >= 4 is 11.8 Å². The van der Waals surface area contributed by atoms with Gasteiger partial charge in [-0.3, -0.25) is 4.90 Å². The van der Waals surface area contributed by atoms with E-state index in [1.54, 1.807) is 12.0 Å². The molecule has 1 aliphatic heterocycles. The number of rotatable bonds is 8. The number of fused-ring (bicyclic) bond motifs is 1. The number of aliphatic hydroxyl groups is 1. The van der Waals surface area contributed by atoms with Crippen LogP contribution in [0.25, 0.3) is 0 Å². The molecule has 1 heterocycles. The van der Waals surface area contributed by atoms with Gasteiger partial charge in [0.05, 0.1) is 24.9 Å². The first-order valence-corrected chi connectivity index (χ1v) is 10.1. The van der Waals surface area contributed by atoms with Gasteiger partial charge in [0.1, 0.15) is 12.4 Å². The SMILES string of the molecule is C=C[C@H](O)[C@@H]1N(C(=O)OCc2ccccc2)c2ccc(OC)cc2[C@]1(C)CCNC. The third kappa shape index (κ3) is 4.06. The number of carbonyl (C=O) groups is 1. The van der Waals surface area contributed by atoms with Crippen molar-refractivity contribution < 1.29 is 19.4 Å². The minimum atomic E-state index is -0.922. The number of hydrogen-bond donors (Lipinski definition) is 2. The zero-order chi connectivity index (χ0) is 21.7. The van der Waals surface area contributed by atoms with E-state index in [1.165, 1.54) is 6.08 Å². The molecule has 1 amide bonds. The minimum absolute atomic E-state index is 0.159. The van der Waals surface area contributed by atoms with Crippen LogP contribution in [0.4, 0.5) is 10.5 Å². The maximum atomic E-state index is 13.2. The lowest BCUT2D eigenvalue weighted by Gasteiger charge is -2.37. The van der Waals surface area contributed by atoms with Crippen molar-refractivity contribution in [3.05, 3.63) is 72.3 Å². The Hall–Kier alpha value is -2.83. The average Bonchev–Trinajstić information content (AvgIpc) is 3.04. The Labute approximate surface area is 178 Å². The van der Waals surface area contributed by atoms with E-state index < -0.39 is 23.7 Å². The van der Waals surface area contributed by atoms with Gasteiger partial charge in [-0.15, -0.1) is 6.58 Å². The number of aliphatic hydroxyl groups excluding tert-OH is 1. The number of anilines is 1. The highest BCUT2D eigenvalue weighted by molar-refractivity contribution is 5.93. The highest BCUT2D eigenvalue weighted by Crippen LogP contribution is 2.50. The molecule has 0 bridgehead atoms. The molecule has 0 spiro atoms. The Morgan fingerprint density at radius 2 is 2.07 bits per heavy atom. The van der Waals surface area contributed by atoms with Crippen LogP contribution in [0.1, 0.15) is 24.5 Å². The minimum Gasteiger partial charge on any atom is -0.497 e. The molecule has 2 aromatic rings. The predicted molar refractivity (Wildman–Crippen MR) is 118 cm³/mol. The largest absolute Gasteiger partial charge is 0.497 e. The summed E-state index contributed by atoms with van der Waals surface area (Å²) in [6.45, 7) is 6.71. The third-order valence-corrected chi connectivity index (χ3v) is 5.87. The zero-order valence-electron chi connectivity index (χ0n) is 17.8. The number of ether oxygens (including phenoxy) is 2. The molecule has 0 aromatic heterocycles. The summed E-state index contributed by atoms with van der Waals surface area (Å²) in [5.74, 6) is 0.704. The first-order valence-electron chi connectivity index (χ1n) is 10.1. The number of nitrogens with one attached hydrogen (secondary N) is 1. The van der Waals surface area contributed by atoms with E-state index in [2.05, 4.69) is 18.8 Å². The molecule has 0 aliphatic carbocycles. The first-order chi connectivity index (χ1) is 14.5. The highest BCUT2D eigenvalue weighted by atomic mass is 16.6. The second kappa shape index (κ2) is 9.32. The summed E-state index contributed by atoms with van der Waals surface area (Å²) < 4.78 is 11.1. The third-order valence-electron chi connectivity index (χ3n) is 5.87. The lowest BCUT2D eigenvalue weighted by atomic mass is 9.73. The van der Waals surface area contributed by atoms with Crippen molar-refractivity contribution in [1.82, 2.24) is 5.32 Å². The van der Waals surface area contributed by atoms with E-state index >= 15 is 0 Å². The van der Waals surface area contributed by atoms with Gasteiger partial charge in [0.25, 0.3) is 0 Å². The number of methoxy groups -OCH3 is 1. The summed E-state index contributed by atoms with van der Waals surface area (Å²) in [5.41, 5.74) is 2.04. The van der Waals surface area contributed by atoms with Gasteiger partial charge in [0, 0.05) is 5.41 Å². The van der Waals surface area contributed by atoms with Crippen LogP contribution in [0.15, 0.2) is 61.2 Å². The van der Waals surface area contributed by atoms with Gasteiger partial charge in [-0.25, -0.2) is 4.79 Å². The van der Waals surface area contributed by atoms with E-state index in [4.69, 9.17) is 9.47 Å². The molecule has 3 rings (SSSR count). The Morgan fingerprint density at radius 3 is 2.70 bits per heavy atom. The number of benzene rings is 2. The lowest BCUT2D eigenvalue weighted by Crippen LogP contribution is -2.53. The zero-order valence-corrected chi connectivity index (χ0v) is 17.8. The fraction of sp³-hybridized carbons (Fsp3) is 0.375. The van der Waals surface area contributed by atoms with Gasteiger partial charge in [-0.1, -0.05) is 43.3 Å². The van der Waals surface area contributed by atoms with E-state index in [0.717, 1.165) is 23.4 Å². The van der Waals surface area contributed by atoms with Crippen LogP contribution in [-0.2, 0) is 16.8 Å². The van der Waals surface area contributed by atoms with Gasteiger partial charge in [0.15, 0.2) is 0 Å². The fourth-order valence-electron chi connectivity index (χ4n) is 4.23. The van der Waals surface area contributed by atoms with Gasteiger partial charge in [0.2, 0.25) is 0 Å². The van der Waals surface area contributed by atoms with Gasteiger partial charge in [-0.2, -0.15) is 0 Å². The highest BCUT2D eigenvalue weighted by Gasteiger charge is 2.52. The number of nitrogens with zero attached hydrogens (tertiary/aromatic N) is 1. The van der Waals surface area contributed by atoms with Gasteiger partial charge >= 0.3 is 6.09 Å². The number of hydrogen-bond acceptors (Lipinski definition) is 5. The van der Waals surface area contributed by atoms with Gasteiger partial charge < -0.3 is 19.9 Å². The summed E-state index contributed by atoms with van der Waals surface area (Å²) >= 11 is 0. The first kappa shape index (κ1) is 21.9. The monoisotopic (exact) mass is 410 g/mol. The molecule has 1 aliphatic rings. The van der Waals surface area contributed by atoms with E-state index in [1.807, 2.05) is 55.6 Å². The van der Waals surface area contributed by atoms with Crippen molar-refractivity contribution in [2.45, 2.75) is 37.5 Å². The van der Waals surface area contributed by atoms with Crippen molar-refractivity contribution in [3.8, 4) is 5.75 Å². The quantitative estimate of drug-likeness (QED) is 0.651. The summed E-state index contributed by atoms with van der Waals surface area (Å²) in [6.07, 6.45) is 0.767. The summed E-state index contributed by atoms with van der Waals surface area (Å²) in [7, 11) is 3.50. The molecule has 3 atom stereocenters. The number of amides is 1. The van der Waals surface area contributed by atoms with Crippen LogP contribution in [-0.4, -0.2) is 44.0 Å². The van der Waals surface area contributed by atoms with Crippen LogP contribution in [0, 0.1) is 0 Å². The smallest absolute Gasteiger partial charge is 0.415 e. The molecule has 0 radical (unpaired) electrons. The number of carbonyl (C=O) groups excluding carboxylic acids is 1. The standard InChI is InChI=1S/C24H30N2O4/c1-5-21(27)22-24(2,13-14-25-3)19-15-18(29-4)11-12-20(19)26(22)23(28)30-16-17-9-7-6-8-10-17/h5-12,15,21-22,25,27H,1,13-14,16H2,2-4H3/t21-,22-,24-/m0/s1. The molecule has 30 heavy (non-hydrogen) atoms. The summed E-state index contributed by atoms with van der Waals surface area (Å²) in [5, 5.41) is 14.1. The van der Waals surface area contributed by atoms with Crippen LogP contribution in [0.5, 0.6) is 5.75 Å². The van der Waals surface area contributed by atoms with E-state index in [0.29, 0.717) is 12.2 Å². The Balaban J connectivity index is 2.01. The topological polar surface area (TPSA) is 71.0 Å². The molecular formula is C24H30N2O4. The normalized spacial score (nSPS) is 21.1. The van der Waals surface area contributed by atoms with Crippen molar-refractivity contribution in [1.29, 1.82) is 0 Å². The van der Waals surface area contributed by atoms with Crippen molar-refractivity contribution in [2.75, 3.05) is 25.6 Å². The maximum Gasteiger partial charge on any atom is 0.415 e. The lowest BCUT2D eigenvalue weighted by molar-refractivity contribution is 0.117. The van der Waals surface area contributed by atoms with Gasteiger partial charge in [-0.05, 0) is 49.3 Å². The molecule has 6 heteroatoms. The second-order valence-corrected chi connectivity index (χ2v) is 7.74. The molecule has 2 N–H and O–H groups in total. The van der Waals surface area contributed by atoms with Crippen LogP contribution in [0.3, 0.4) is 0 Å². The second-order valence-electron chi connectivity index (χ2n) is 7.74. The van der Waals surface area contributed by atoms with Crippen molar-refractivity contribution in [2.24, 2.45) is 0 Å². The Morgan fingerprint density at radius 1 is 1.33 bits per heavy atom. The predicted octanol–water partition coefficient (Wildman–Crippen LogP) is 3.63. The van der Waals surface area contributed by atoms with Crippen LogP contribution >= 0.6 is 0 Å². The molecule has 0 saturated carbocycles. The average molecular weight is 411 g/mol. The Kier molecular flexibility index (Phi) is 6.80. The molecule has 6 nitrogen and oxygen atoms in total. The van der Waals surface area contributed by atoms with Crippen LogP contribution in [0.2, 0.25) is 0 Å². The summed E-state index contributed by atoms with van der Waals surface area (Å²) in [6, 6.07) is 14.6. The molecule has 0 unspecified atom stereocenters. The van der Waals surface area contributed by atoms with Crippen LogP contribution < -0.4 is 15.0 Å². The van der Waals surface area contributed by atoms with Crippen molar-refractivity contribution in [3.63, 3.8) is 0 Å². The molecule has 0 fully saturated rings.